The number of hydrogen-bond acceptors (Lipinski definition) is 4. The van der Waals surface area contributed by atoms with Crippen LogP contribution in [0, 0.1) is 11.3 Å². The Labute approximate surface area is 119 Å². The minimum absolute atomic E-state index is 0.217. The molecule has 2 rings (SSSR count). The van der Waals surface area contributed by atoms with Crippen LogP contribution in [0.25, 0.3) is 11.0 Å². The number of nitriles is 1. The predicted octanol–water partition coefficient (Wildman–Crippen LogP) is 2.39. The van der Waals surface area contributed by atoms with E-state index in [0.717, 1.165) is 30.7 Å². The van der Waals surface area contributed by atoms with Crippen LogP contribution in [0.15, 0.2) is 18.2 Å². The number of nitrogens with two attached hydrogens (primary N) is 1. The van der Waals surface area contributed by atoms with E-state index < -0.39 is 0 Å². The highest BCUT2D eigenvalue weighted by atomic mass is 15.2. The number of aromatic nitrogens is 2. The van der Waals surface area contributed by atoms with Crippen molar-refractivity contribution in [1.29, 1.82) is 5.26 Å². The smallest absolute Gasteiger partial charge is 0.201 e. The Balaban J connectivity index is 2.42. The number of likely N-dealkylation sites (N-methyl/N-ethyl adjacent to an activating group) is 1. The first-order chi connectivity index (χ1) is 9.60. The first-order valence-electron chi connectivity index (χ1n) is 7.00. The average molecular weight is 271 g/mol. The summed E-state index contributed by atoms with van der Waals surface area (Å²) < 4.78 is 2.02. The Morgan fingerprint density at radius 1 is 1.40 bits per heavy atom. The fraction of sp³-hybridized carbons (Fsp3) is 0.467. The van der Waals surface area contributed by atoms with Crippen molar-refractivity contribution in [2.24, 2.45) is 0 Å². The van der Waals surface area contributed by atoms with Gasteiger partial charge in [-0.15, -0.1) is 0 Å². The molecule has 0 spiro atoms. The van der Waals surface area contributed by atoms with E-state index in [2.05, 4.69) is 36.7 Å². The summed E-state index contributed by atoms with van der Waals surface area (Å²) in [6.07, 6.45) is 0. The van der Waals surface area contributed by atoms with Gasteiger partial charge in [0.2, 0.25) is 5.95 Å². The van der Waals surface area contributed by atoms with Gasteiger partial charge >= 0.3 is 0 Å². The number of nitrogens with zero attached hydrogens (tertiary/aromatic N) is 4. The number of fused-ring (bicyclic) bond motifs is 1. The molecule has 0 fully saturated rings. The van der Waals surface area contributed by atoms with E-state index >= 15 is 0 Å². The van der Waals surface area contributed by atoms with Crippen molar-refractivity contribution in [3.8, 4) is 6.07 Å². The largest absolute Gasteiger partial charge is 0.369 e. The van der Waals surface area contributed by atoms with Crippen molar-refractivity contribution in [2.45, 2.75) is 26.8 Å². The molecule has 2 N–H and O–H groups in total. The standard InChI is InChI=1S/C15H21N5/c1-4-19(5-2)10-11(3)20-14-8-12(9-16)6-7-13(14)18-15(20)17/h6-8,11H,4-5,10H2,1-3H3,(H2,17,18). The van der Waals surface area contributed by atoms with Gasteiger partial charge in [-0.2, -0.15) is 5.26 Å². The Morgan fingerprint density at radius 2 is 2.10 bits per heavy atom. The van der Waals surface area contributed by atoms with Gasteiger partial charge < -0.3 is 15.2 Å². The Hall–Kier alpha value is -2.06. The van der Waals surface area contributed by atoms with E-state index in [4.69, 9.17) is 11.0 Å². The summed E-state index contributed by atoms with van der Waals surface area (Å²) in [4.78, 5) is 6.73. The number of hydrogen-bond donors (Lipinski definition) is 1. The molecule has 1 heterocycles. The molecule has 1 unspecified atom stereocenters. The first kappa shape index (κ1) is 14.4. The fourth-order valence-corrected chi connectivity index (χ4v) is 2.58. The molecule has 2 aromatic rings. The molecule has 5 nitrogen and oxygen atoms in total. The molecule has 20 heavy (non-hydrogen) atoms. The molecular weight excluding hydrogens is 250 g/mol. The Kier molecular flexibility index (Phi) is 4.26. The highest BCUT2D eigenvalue weighted by molar-refractivity contribution is 5.80. The lowest BCUT2D eigenvalue weighted by Crippen LogP contribution is -2.30. The third-order valence-electron chi connectivity index (χ3n) is 3.70. The number of benzene rings is 1. The summed E-state index contributed by atoms with van der Waals surface area (Å²) >= 11 is 0. The SMILES string of the molecule is CCN(CC)CC(C)n1c(N)nc2ccc(C#N)cc21. The average Bonchev–Trinajstić information content (AvgIpc) is 2.79. The summed E-state index contributed by atoms with van der Waals surface area (Å²) in [7, 11) is 0. The molecule has 0 aliphatic carbocycles. The summed E-state index contributed by atoms with van der Waals surface area (Å²) in [5.74, 6) is 0.509. The minimum atomic E-state index is 0.217. The summed E-state index contributed by atoms with van der Waals surface area (Å²) in [5, 5.41) is 9.04. The lowest BCUT2D eigenvalue weighted by molar-refractivity contribution is 0.264. The number of nitrogen functional groups attached to an aromatic ring is 1. The van der Waals surface area contributed by atoms with E-state index in [0.29, 0.717) is 11.5 Å². The van der Waals surface area contributed by atoms with Crippen LogP contribution < -0.4 is 5.73 Å². The van der Waals surface area contributed by atoms with E-state index in [1.165, 1.54) is 0 Å². The quantitative estimate of drug-likeness (QED) is 0.906. The molecule has 0 aliphatic heterocycles. The summed E-state index contributed by atoms with van der Waals surface area (Å²) in [6.45, 7) is 9.38. The maximum absolute atomic E-state index is 9.04. The molecule has 0 saturated carbocycles. The van der Waals surface area contributed by atoms with Crippen LogP contribution in [0.4, 0.5) is 5.95 Å². The lowest BCUT2D eigenvalue weighted by Gasteiger charge is -2.24. The van der Waals surface area contributed by atoms with Gasteiger partial charge in [0.15, 0.2) is 0 Å². The number of imidazole rings is 1. The van der Waals surface area contributed by atoms with Crippen molar-refractivity contribution in [3.05, 3.63) is 23.8 Å². The molecule has 0 aliphatic rings. The predicted molar refractivity (Wildman–Crippen MR) is 81.4 cm³/mol. The van der Waals surface area contributed by atoms with Gasteiger partial charge in [-0.25, -0.2) is 4.98 Å². The van der Waals surface area contributed by atoms with Crippen LogP contribution in [0.1, 0.15) is 32.4 Å². The van der Waals surface area contributed by atoms with Gasteiger partial charge in [-0.1, -0.05) is 13.8 Å². The van der Waals surface area contributed by atoms with Gasteiger partial charge in [-0.3, -0.25) is 0 Å². The monoisotopic (exact) mass is 271 g/mol. The topological polar surface area (TPSA) is 70.9 Å². The molecular formula is C15H21N5. The van der Waals surface area contributed by atoms with E-state index in [-0.39, 0.29) is 6.04 Å². The Bertz CT molecular complexity index is 633. The van der Waals surface area contributed by atoms with Crippen molar-refractivity contribution < 1.29 is 0 Å². The van der Waals surface area contributed by atoms with Gasteiger partial charge in [0.25, 0.3) is 0 Å². The third kappa shape index (κ3) is 2.61. The van der Waals surface area contributed by atoms with E-state index in [9.17, 15) is 0 Å². The first-order valence-corrected chi connectivity index (χ1v) is 7.00. The zero-order chi connectivity index (χ0) is 14.7. The third-order valence-corrected chi connectivity index (χ3v) is 3.70. The second-order valence-electron chi connectivity index (χ2n) is 4.99. The van der Waals surface area contributed by atoms with Crippen LogP contribution in [-0.4, -0.2) is 34.1 Å². The van der Waals surface area contributed by atoms with Gasteiger partial charge in [0.1, 0.15) is 0 Å². The second-order valence-corrected chi connectivity index (χ2v) is 4.99. The van der Waals surface area contributed by atoms with Crippen molar-refractivity contribution in [1.82, 2.24) is 14.5 Å². The summed E-state index contributed by atoms with van der Waals surface area (Å²) in [5.41, 5.74) is 8.46. The maximum Gasteiger partial charge on any atom is 0.201 e. The minimum Gasteiger partial charge on any atom is -0.369 e. The molecule has 1 aromatic heterocycles. The normalized spacial score (nSPS) is 12.8. The highest BCUT2D eigenvalue weighted by Gasteiger charge is 2.16. The van der Waals surface area contributed by atoms with Gasteiger partial charge in [0, 0.05) is 12.6 Å². The maximum atomic E-state index is 9.04. The fourth-order valence-electron chi connectivity index (χ4n) is 2.58. The van der Waals surface area contributed by atoms with E-state index in [1.54, 1.807) is 6.07 Å². The van der Waals surface area contributed by atoms with Crippen LogP contribution >= 0.6 is 0 Å². The van der Waals surface area contributed by atoms with Crippen molar-refractivity contribution in [2.75, 3.05) is 25.4 Å². The molecule has 1 atom stereocenters. The Morgan fingerprint density at radius 3 is 2.70 bits per heavy atom. The number of rotatable bonds is 5. The van der Waals surface area contributed by atoms with Crippen LogP contribution in [0.3, 0.4) is 0 Å². The van der Waals surface area contributed by atoms with Crippen LogP contribution in [-0.2, 0) is 0 Å². The zero-order valence-corrected chi connectivity index (χ0v) is 12.3. The van der Waals surface area contributed by atoms with Crippen LogP contribution in [0.2, 0.25) is 0 Å². The number of anilines is 1. The highest BCUT2D eigenvalue weighted by Crippen LogP contribution is 2.24. The zero-order valence-electron chi connectivity index (χ0n) is 12.3. The molecule has 0 bridgehead atoms. The van der Waals surface area contributed by atoms with Gasteiger partial charge in [0.05, 0.1) is 22.7 Å². The van der Waals surface area contributed by atoms with Gasteiger partial charge in [-0.05, 0) is 38.2 Å². The molecule has 0 saturated heterocycles. The lowest BCUT2D eigenvalue weighted by atomic mass is 10.2. The van der Waals surface area contributed by atoms with Crippen molar-refractivity contribution >= 4 is 17.0 Å². The molecule has 0 amide bonds. The molecule has 1 aromatic carbocycles. The van der Waals surface area contributed by atoms with Crippen molar-refractivity contribution in [3.63, 3.8) is 0 Å². The molecule has 106 valence electrons. The van der Waals surface area contributed by atoms with Crippen LogP contribution in [0.5, 0.6) is 0 Å². The second kappa shape index (κ2) is 5.93. The molecule has 5 heteroatoms. The van der Waals surface area contributed by atoms with E-state index in [1.807, 2.05) is 16.7 Å². The summed E-state index contributed by atoms with van der Waals surface area (Å²) in [6, 6.07) is 7.86. The molecule has 0 radical (unpaired) electrons.